The fourth-order valence-corrected chi connectivity index (χ4v) is 2.15. The Bertz CT molecular complexity index is 469. The Hall–Kier alpha value is -0.610. The van der Waals surface area contributed by atoms with Crippen LogP contribution in [-0.4, -0.2) is 14.2 Å². The van der Waals surface area contributed by atoms with E-state index in [9.17, 15) is 12.8 Å². The van der Waals surface area contributed by atoms with Crippen molar-refractivity contribution in [2.45, 2.75) is 20.3 Å². The average molecular weight is 251 g/mol. The van der Waals surface area contributed by atoms with Crippen molar-refractivity contribution in [3.63, 3.8) is 0 Å². The maximum atomic E-state index is 13.2. The van der Waals surface area contributed by atoms with Crippen molar-refractivity contribution in [3.05, 3.63) is 34.6 Å². The lowest BCUT2D eigenvalue weighted by atomic mass is 10.0. The molecule has 0 saturated carbocycles. The van der Waals surface area contributed by atoms with Gasteiger partial charge in [0.05, 0.1) is 5.75 Å². The number of halogens is 2. The number of rotatable bonds is 3. The van der Waals surface area contributed by atoms with Crippen LogP contribution in [0.15, 0.2) is 12.1 Å². The topological polar surface area (TPSA) is 34.1 Å². The minimum Gasteiger partial charge on any atom is -0.212 e. The Labute approximate surface area is 93.5 Å². The molecule has 0 aliphatic rings. The van der Waals surface area contributed by atoms with Gasteiger partial charge in [0.25, 0.3) is 0 Å². The van der Waals surface area contributed by atoms with Crippen LogP contribution >= 0.6 is 10.7 Å². The molecule has 0 aromatic heterocycles. The number of hydrogen-bond acceptors (Lipinski definition) is 2. The Morgan fingerprint density at radius 2 is 1.93 bits per heavy atom. The zero-order valence-corrected chi connectivity index (χ0v) is 10.1. The van der Waals surface area contributed by atoms with E-state index >= 15 is 0 Å². The first-order valence-corrected chi connectivity index (χ1v) is 6.96. The van der Waals surface area contributed by atoms with Crippen molar-refractivity contribution >= 4 is 19.7 Å². The van der Waals surface area contributed by atoms with Crippen molar-refractivity contribution in [3.8, 4) is 0 Å². The second-order valence-corrected chi connectivity index (χ2v) is 6.36. The van der Waals surface area contributed by atoms with Crippen molar-refractivity contribution in [1.29, 1.82) is 0 Å². The van der Waals surface area contributed by atoms with Gasteiger partial charge in [-0.3, -0.25) is 0 Å². The first-order chi connectivity index (χ1) is 6.81. The van der Waals surface area contributed by atoms with Gasteiger partial charge >= 0.3 is 0 Å². The van der Waals surface area contributed by atoms with Gasteiger partial charge in [0.15, 0.2) is 0 Å². The molecule has 1 rings (SSSR count). The van der Waals surface area contributed by atoms with Crippen molar-refractivity contribution in [2.75, 3.05) is 5.75 Å². The highest BCUT2D eigenvalue weighted by Gasteiger charge is 2.11. The molecule has 0 bridgehead atoms. The van der Waals surface area contributed by atoms with Crippen LogP contribution in [0.1, 0.15) is 16.7 Å². The van der Waals surface area contributed by atoms with E-state index in [2.05, 4.69) is 0 Å². The van der Waals surface area contributed by atoms with Crippen LogP contribution in [0.3, 0.4) is 0 Å². The van der Waals surface area contributed by atoms with Gasteiger partial charge in [-0.25, -0.2) is 12.8 Å². The predicted molar refractivity (Wildman–Crippen MR) is 59.2 cm³/mol. The highest BCUT2D eigenvalue weighted by Crippen LogP contribution is 2.18. The molecule has 0 aliphatic carbocycles. The fraction of sp³-hybridized carbons (Fsp3) is 0.400. The van der Waals surface area contributed by atoms with E-state index in [1.54, 1.807) is 13.0 Å². The Morgan fingerprint density at radius 1 is 1.33 bits per heavy atom. The summed E-state index contributed by atoms with van der Waals surface area (Å²) < 4.78 is 34.8. The molecule has 0 saturated heterocycles. The third kappa shape index (κ3) is 3.47. The molecular weight excluding hydrogens is 239 g/mol. The molecule has 0 atom stereocenters. The molecule has 0 heterocycles. The first-order valence-electron chi connectivity index (χ1n) is 4.48. The summed E-state index contributed by atoms with van der Waals surface area (Å²) in [6.07, 6.45) is 0.251. The van der Waals surface area contributed by atoms with Crippen LogP contribution in [0.2, 0.25) is 0 Å². The standard InChI is InChI=1S/C10H12ClFO2S/c1-7-3-4-10(12)8(2)9(7)5-6-15(11,13)14/h3-4H,5-6H2,1-2H3. The molecule has 0 spiro atoms. The Kier molecular flexibility index (Phi) is 3.73. The van der Waals surface area contributed by atoms with Crippen LogP contribution in [0.25, 0.3) is 0 Å². The van der Waals surface area contributed by atoms with E-state index in [1.165, 1.54) is 6.07 Å². The van der Waals surface area contributed by atoms with Gasteiger partial charge in [0.2, 0.25) is 9.05 Å². The highest BCUT2D eigenvalue weighted by molar-refractivity contribution is 8.13. The van der Waals surface area contributed by atoms with E-state index in [-0.39, 0.29) is 18.0 Å². The Balaban J connectivity index is 2.99. The van der Waals surface area contributed by atoms with Gasteiger partial charge < -0.3 is 0 Å². The van der Waals surface area contributed by atoms with E-state index in [1.807, 2.05) is 6.92 Å². The molecule has 0 unspecified atom stereocenters. The van der Waals surface area contributed by atoms with Crippen LogP contribution in [0, 0.1) is 19.7 Å². The summed E-state index contributed by atoms with van der Waals surface area (Å²) in [4.78, 5) is 0. The van der Waals surface area contributed by atoms with E-state index < -0.39 is 9.05 Å². The highest BCUT2D eigenvalue weighted by atomic mass is 35.7. The van der Waals surface area contributed by atoms with Crippen LogP contribution in [0.4, 0.5) is 4.39 Å². The smallest absolute Gasteiger partial charge is 0.212 e. The van der Waals surface area contributed by atoms with Gasteiger partial charge in [-0.15, -0.1) is 0 Å². The molecule has 0 amide bonds. The lowest BCUT2D eigenvalue weighted by Crippen LogP contribution is -2.05. The molecule has 0 radical (unpaired) electrons. The van der Waals surface area contributed by atoms with E-state index in [4.69, 9.17) is 10.7 Å². The second-order valence-electron chi connectivity index (χ2n) is 3.46. The molecule has 1 aromatic rings. The van der Waals surface area contributed by atoms with Gasteiger partial charge in [-0.1, -0.05) is 6.07 Å². The third-order valence-electron chi connectivity index (χ3n) is 2.36. The van der Waals surface area contributed by atoms with Gasteiger partial charge in [0.1, 0.15) is 5.82 Å². The molecule has 0 fully saturated rings. The summed E-state index contributed by atoms with van der Waals surface area (Å²) in [6, 6.07) is 3.02. The summed E-state index contributed by atoms with van der Waals surface area (Å²) in [5, 5.41) is 0. The molecule has 0 N–H and O–H groups in total. The molecule has 1 aromatic carbocycles. The van der Waals surface area contributed by atoms with Gasteiger partial charge in [-0.05, 0) is 43.0 Å². The van der Waals surface area contributed by atoms with Crippen LogP contribution in [-0.2, 0) is 15.5 Å². The number of aryl methyl sites for hydroxylation is 1. The van der Waals surface area contributed by atoms with Crippen molar-refractivity contribution in [1.82, 2.24) is 0 Å². The molecular formula is C10H12ClFO2S. The van der Waals surface area contributed by atoms with Crippen molar-refractivity contribution < 1.29 is 12.8 Å². The SMILES string of the molecule is Cc1ccc(F)c(C)c1CCS(=O)(=O)Cl. The first kappa shape index (κ1) is 12.5. The maximum Gasteiger partial charge on any atom is 0.232 e. The van der Waals surface area contributed by atoms with Crippen LogP contribution in [0.5, 0.6) is 0 Å². The lowest BCUT2D eigenvalue weighted by Gasteiger charge is -2.09. The zero-order valence-electron chi connectivity index (χ0n) is 8.55. The van der Waals surface area contributed by atoms with Gasteiger partial charge in [-0.2, -0.15) is 0 Å². The quantitative estimate of drug-likeness (QED) is 0.773. The largest absolute Gasteiger partial charge is 0.232 e. The number of benzene rings is 1. The third-order valence-corrected chi connectivity index (χ3v) is 3.52. The summed E-state index contributed by atoms with van der Waals surface area (Å²) >= 11 is 0. The molecule has 15 heavy (non-hydrogen) atoms. The molecule has 0 aliphatic heterocycles. The monoisotopic (exact) mass is 250 g/mol. The minimum atomic E-state index is -3.52. The maximum absolute atomic E-state index is 13.2. The van der Waals surface area contributed by atoms with Crippen LogP contribution < -0.4 is 0 Å². The summed E-state index contributed by atoms with van der Waals surface area (Å²) in [6.45, 7) is 3.46. The lowest BCUT2D eigenvalue weighted by molar-refractivity contribution is 0.606. The summed E-state index contributed by atoms with van der Waals surface area (Å²) in [5.74, 6) is -0.484. The normalized spacial score (nSPS) is 11.7. The summed E-state index contributed by atoms with van der Waals surface area (Å²) in [5.41, 5.74) is 2.10. The fourth-order valence-electron chi connectivity index (χ4n) is 1.47. The molecule has 2 nitrogen and oxygen atoms in total. The summed E-state index contributed by atoms with van der Waals surface area (Å²) in [7, 11) is 1.59. The van der Waals surface area contributed by atoms with E-state index in [0.717, 1.165) is 11.1 Å². The zero-order chi connectivity index (χ0) is 11.6. The van der Waals surface area contributed by atoms with Gasteiger partial charge in [0, 0.05) is 10.7 Å². The average Bonchev–Trinajstić information content (AvgIpc) is 2.10. The van der Waals surface area contributed by atoms with Crippen molar-refractivity contribution in [2.24, 2.45) is 0 Å². The minimum absolute atomic E-state index is 0.167. The molecule has 5 heteroatoms. The molecule has 84 valence electrons. The number of hydrogen-bond donors (Lipinski definition) is 0. The second kappa shape index (κ2) is 4.49. The predicted octanol–water partition coefficient (Wildman–Crippen LogP) is 2.55. The Morgan fingerprint density at radius 3 is 2.47 bits per heavy atom. The van der Waals surface area contributed by atoms with E-state index in [0.29, 0.717) is 5.56 Å².